The first-order valence-corrected chi connectivity index (χ1v) is 13.4. The van der Waals surface area contributed by atoms with Crippen molar-refractivity contribution in [3.8, 4) is 0 Å². The predicted molar refractivity (Wildman–Crippen MR) is 125 cm³/mol. The van der Waals surface area contributed by atoms with Crippen molar-refractivity contribution in [2.75, 3.05) is 13.2 Å². The molecule has 1 saturated carbocycles. The first kappa shape index (κ1) is 24.9. The molecule has 2 bridgehead atoms. The highest BCUT2D eigenvalue weighted by atomic mass is 79.9. The summed E-state index contributed by atoms with van der Waals surface area (Å²) in [6.07, 6.45) is 5.68. The highest BCUT2D eigenvalue weighted by Gasteiger charge is 2.77. The summed E-state index contributed by atoms with van der Waals surface area (Å²) in [5, 5.41) is 13.4. The van der Waals surface area contributed by atoms with Crippen LogP contribution in [0.4, 0.5) is 0 Å². The van der Waals surface area contributed by atoms with Crippen LogP contribution in [-0.2, 0) is 23.9 Å². The first-order chi connectivity index (χ1) is 15.7. The van der Waals surface area contributed by atoms with E-state index < -0.39 is 41.6 Å². The molecule has 8 nitrogen and oxygen atoms in total. The Bertz CT molecular complexity index is 772. The van der Waals surface area contributed by atoms with Gasteiger partial charge in [-0.1, -0.05) is 49.0 Å². The van der Waals surface area contributed by atoms with E-state index in [0.29, 0.717) is 12.8 Å². The number of carbonyl (C=O) groups is 3. The molecule has 7 atom stereocenters. The molecule has 4 rings (SSSR count). The molecule has 1 spiro atoms. The molecule has 0 aromatic heterocycles. The third-order valence-electron chi connectivity index (χ3n) is 7.83. The van der Waals surface area contributed by atoms with Gasteiger partial charge in [-0.05, 0) is 38.5 Å². The van der Waals surface area contributed by atoms with Crippen molar-refractivity contribution in [2.45, 2.75) is 100 Å². The quantitative estimate of drug-likeness (QED) is 0.369. The van der Waals surface area contributed by atoms with Crippen LogP contribution in [0.15, 0.2) is 0 Å². The molecule has 3 heterocycles. The normalized spacial score (nSPS) is 36.8. The van der Waals surface area contributed by atoms with Gasteiger partial charge in [0.1, 0.15) is 11.6 Å². The van der Waals surface area contributed by atoms with Crippen LogP contribution < -0.4 is 5.32 Å². The summed E-state index contributed by atoms with van der Waals surface area (Å²) >= 11 is 3.65. The number of fused-ring (bicyclic) bond motifs is 1. The van der Waals surface area contributed by atoms with E-state index in [-0.39, 0.29) is 41.8 Å². The fourth-order valence-corrected chi connectivity index (χ4v) is 7.56. The lowest BCUT2D eigenvalue weighted by Gasteiger charge is -2.38. The van der Waals surface area contributed by atoms with Crippen LogP contribution in [-0.4, -0.2) is 75.7 Å². The Morgan fingerprint density at radius 1 is 1.30 bits per heavy atom. The zero-order valence-electron chi connectivity index (χ0n) is 19.8. The van der Waals surface area contributed by atoms with Crippen molar-refractivity contribution in [1.82, 2.24) is 10.2 Å². The number of hydrogen-bond donors (Lipinski definition) is 2. The molecular formula is C24H37BrN2O6. The lowest BCUT2D eigenvalue weighted by molar-refractivity contribution is -0.155. The van der Waals surface area contributed by atoms with Crippen LogP contribution in [0.2, 0.25) is 0 Å². The number of ether oxygens (including phenoxy) is 2. The Morgan fingerprint density at radius 2 is 2.00 bits per heavy atom. The summed E-state index contributed by atoms with van der Waals surface area (Å²) in [5.74, 6) is -2.28. The predicted octanol–water partition coefficient (Wildman–Crippen LogP) is 2.15. The minimum atomic E-state index is -1.10. The van der Waals surface area contributed by atoms with Crippen molar-refractivity contribution < 1.29 is 29.0 Å². The number of nitrogens with one attached hydrogen (secondary N) is 1. The van der Waals surface area contributed by atoms with Crippen LogP contribution >= 0.6 is 15.9 Å². The number of alkyl halides is 1. The third kappa shape index (κ3) is 4.22. The van der Waals surface area contributed by atoms with Crippen LogP contribution in [0.25, 0.3) is 0 Å². The largest absolute Gasteiger partial charge is 0.466 e. The van der Waals surface area contributed by atoms with E-state index in [1.807, 2.05) is 13.8 Å². The number of likely N-dealkylation sites (tertiary alicyclic amines) is 1. The minimum Gasteiger partial charge on any atom is -0.466 e. The van der Waals surface area contributed by atoms with Crippen molar-refractivity contribution in [2.24, 2.45) is 17.8 Å². The number of aliphatic hydroxyl groups is 1. The highest BCUT2D eigenvalue weighted by molar-refractivity contribution is 9.09. The Hall–Kier alpha value is -1.19. The van der Waals surface area contributed by atoms with Crippen LogP contribution in [0, 0.1) is 17.8 Å². The van der Waals surface area contributed by atoms with Gasteiger partial charge in [0.2, 0.25) is 11.8 Å². The molecule has 1 unspecified atom stereocenters. The van der Waals surface area contributed by atoms with E-state index in [4.69, 9.17) is 9.47 Å². The zero-order valence-corrected chi connectivity index (χ0v) is 21.4. The van der Waals surface area contributed by atoms with Gasteiger partial charge in [0, 0.05) is 10.9 Å². The maximum atomic E-state index is 13.9. The third-order valence-corrected chi connectivity index (χ3v) is 8.68. The summed E-state index contributed by atoms with van der Waals surface area (Å²) in [6.45, 7) is 5.76. The minimum absolute atomic E-state index is 0.0792. The molecule has 0 aromatic rings. The Kier molecular flexibility index (Phi) is 7.41. The van der Waals surface area contributed by atoms with Gasteiger partial charge in [-0.2, -0.15) is 0 Å². The van der Waals surface area contributed by atoms with Gasteiger partial charge in [0.05, 0.1) is 37.2 Å². The summed E-state index contributed by atoms with van der Waals surface area (Å²) < 4.78 is 11.8. The zero-order chi connectivity index (χ0) is 23.9. The molecule has 186 valence electrons. The molecular weight excluding hydrogens is 492 g/mol. The summed E-state index contributed by atoms with van der Waals surface area (Å²) in [5.41, 5.74) is -1.10. The van der Waals surface area contributed by atoms with E-state index >= 15 is 0 Å². The molecule has 3 saturated heterocycles. The molecule has 3 aliphatic heterocycles. The van der Waals surface area contributed by atoms with Gasteiger partial charge in [0.25, 0.3) is 0 Å². The Morgan fingerprint density at radius 3 is 2.61 bits per heavy atom. The second-order valence-electron chi connectivity index (χ2n) is 10.5. The lowest BCUT2D eigenvalue weighted by Crippen LogP contribution is -2.59. The molecule has 33 heavy (non-hydrogen) atoms. The number of nitrogens with zero attached hydrogens (tertiary/aromatic N) is 1. The monoisotopic (exact) mass is 528 g/mol. The van der Waals surface area contributed by atoms with E-state index in [1.54, 1.807) is 11.8 Å². The number of esters is 1. The van der Waals surface area contributed by atoms with Crippen molar-refractivity contribution in [1.29, 1.82) is 0 Å². The average molecular weight is 529 g/mol. The second kappa shape index (κ2) is 9.82. The highest BCUT2D eigenvalue weighted by Crippen LogP contribution is 2.60. The lowest BCUT2D eigenvalue weighted by atomic mass is 9.70. The molecule has 0 aromatic carbocycles. The molecule has 1 aliphatic carbocycles. The van der Waals surface area contributed by atoms with Crippen LogP contribution in [0.3, 0.4) is 0 Å². The number of halogens is 1. The van der Waals surface area contributed by atoms with Gasteiger partial charge in [-0.3, -0.25) is 14.4 Å². The van der Waals surface area contributed by atoms with Gasteiger partial charge in [-0.15, -0.1) is 0 Å². The number of carbonyl (C=O) groups excluding carboxylic acids is 3. The van der Waals surface area contributed by atoms with Crippen molar-refractivity contribution >= 4 is 33.7 Å². The molecule has 4 aliphatic rings. The second-order valence-corrected chi connectivity index (χ2v) is 11.6. The van der Waals surface area contributed by atoms with Gasteiger partial charge in [0.15, 0.2) is 0 Å². The smallest absolute Gasteiger partial charge is 0.312 e. The van der Waals surface area contributed by atoms with E-state index in [2.05, 4.69) is 21.2 Å². The Balaban J connectivity index is 1.72. The van der Waals surface area contributed by atoms with E-state index in [9.17, 15) is 19.5 Å². The fourth-order valence-electron chi connectivity index (χ4n) is 6.62. The first-order valence-electron chi connectivity index (χ1n) is 12.5. The molecule has 4 fully saturated rings. The number of amides is 2. The molecule has 9 heteroatoms. The number of aliphatic hydroxyl groups excluding tert-OH is 1. The molecule has 2 amide bonds. The number of hydrogen-bond acceptors (Lipinski definition) is 6. The van der Waals surface area contributed by atoms with Crippen molar-refractivity contribution in [3.05, 3.63) is 0 Å². The van der Waals surface area contributed by atoms with Gasteiger partial charge >= 0.3 is 5.97 Å². The maximum absolute atomic E-state index is 13.9. The molecule has 0 radical (unpaired) electrons. The van der Waals surface area contributed by atoms with E-state index in [0.717, 1.165) is 25.7 Å². The average Bonchev–Trinajstić information content (AvgIpc) is 3.36. The maximum Gasteiger partial charge on any atom is 0.312 e. The van der Waals surface area contributed by atoms with Gasteiger partial charge < -0.3 is 24.8 Å². The topological polar surface area (TPSA) is 105 Å². The van der Waals surface area contributed by atoms with Crippen molar-refractivity contribution in [3.63, 3.8) is 0 Å². The standard InChI is InChI=1S/C24H37BrN2O6/c1-4-32-23(31)17-18-22(30)27(15(12-28)10-13(2)3)20(24(18)11-16(25)19(17)33-24)21(29)26-14-8-6-5-7-9-14/h13-20,28H,4-12H2,1-3H3,(H,26,29)/t15-,16?,17+,18-,19+,20+,24-/m1/s1. The van der Waals surface area contributed by atoms with E-state index in [1.165, 1.54) is 6.42 Å². The Labute approximate surface area is 204 Å². The fraction of sp³-hybridized carbons (Fsp3) is 0.875. The summed E-state index contributed by atoms with van der Waals surface area (Å²) in [4.78, 5) is 42.1. The SMILES string of the molecule is CCOC(=O)[C@@H]1[C@H]2O[C@@]3(CC2Br)[C@H](C(=O)NC2CCCCC2)N([C@@H](CO)CC(C)C)C(=O)[C@@H]13. The summed E-state index contributed by atoms with van der Waals surface area (Å²) in [6, 6.07) is -1.31. The number of rotatable bonds is 8. The van der Waals surface area contributed by atoms with Gasteiger partial charge in [-0.25, -0.2) is 0 Å². The van der Waals surface area contributed by atoms with Crippen LogP contribution in [0.1, 0.15) is 65.7 Å². The summed E-state index contributed by atoms with van der Waals surface area (Å²) in [7, 11) is 0. The molecule has 2 N–H and O–H groups in total. The van der Waals surface area contributed by atoms with Crippen LogP contribution in [0.5, 0.6) is 0 Å².